The second-order valence-corrected chi connectivity index (χ2v) is 5.87. The maximum Gasteiger partial charge on any atom is 0.225 e. The lowest BCUT2D eigenvalue weighted by molar-refractivity contribution is -0.135. The Bertz CT molecular complexity index is 408. The SMILES string of the molecule is CC(C)C(=O)N1CCC(CCOc2ccccc2)CC1. The minimum Gasteiger partial charge on any atom is -0.494 e. The van der Waals surface area contributed by atoms with E-state index in [4.69, 9.17) is 4.74 Å². The van der Waals surface area contributed by atoms with E-state index in [0.717, 1.165) is 44.7 Å². The summed E-state index contributed by atoms with van der Waals surface area (Å²) in [5.74, 6) is 2.05. The standard InChI is InChI=1S/C17H25NO2/c1-14(2)17(19)18-11-8-15(9-12-18)10-13-20-16-6-4-3-5-7-16/h3-7,14-15H,8-13H2,1-2H3. The van der Waals surface area contributed by atoms with Crippen LogP contribution in [0.5, 0.6) is 5.75 Å². The Morgan fingerprint density at radius 3 is 2.50 bits per heavy atom. The molecule has 0 unspecified atom stereocenters. The van der Waals surface area contributed by atoms with Gasteiger partial charge in [0.15, 0.2) is 0 Å². The van der Waals surface area contributed by atoms with Crippen molar-refractivity contribution in [3.05, 3.63) is 30.3 Å². The average molecular weight is 275 g/mol. The van der Waals surface area contributed by atoms with Crippen molar-refractivity contribution in [1.29, 1.82) is 0 Å². The number of rotatable bonds is 5. The average Bonchev–Trinajstić information content (AvgIpc) is 2.48. The van der Waals surface area contributed by atoms with Crippen LogP contribution in [0.3, 0.4) is 0 Å². The van der Waals surface area contributed by atoms with E-state index in [1.807, 2.05) is 49.1 Å². The van der Waals surface area contributed by atoms with Gasteiger partial charge in [0, 0.05) is 19.0 Å². The molecular weight excluding hydrogens is 250 g/mol. The molecule has 3 heteroatoms. The Balaban J connectivity index is 1.66. The van der Waals surface area contributed by atoms with Crippen molar-refractivity contribution in [3.63, 3.8) is 0 Å². The van der Waals surface area contributed by atoms with E-state index < -0.39 is 0 Å². The summed E-state index contributed by atoms with van der Waals surface area (Å²) in [5.41, 5.74) is 0. The zero-order valence-corrected chi connectivity index (χ0v) is 12.5. The minimum absolute atomic E-state index is 0.118. The molecule has 0 radical (unpaired) electrons. The van der Waals surface area contributed by atoms with Crippen LogP contribution in [0.2, 0.25) is 0 Å². The van der Waals surface area contributed by atoms with Gasteiger partial charge in [-0.05, 0) is 37.3 Å². The smallest absolute Gasteiger partial charge is 0.225 e. The first-order valence-corrected chi connectivity index (χ1v) is 7.63. The van der Waals surface area contributed by atoms with Gasteiger partial charge >= 0.3 is 0 Å². The monoisotopic (exact) mass is 275 g/mol. The van der Waals surface area contributed by atoms with Crippen LogP contribution in [0, 0.1) is 11.8 Å². The molecule has 1 amide bonds. The summed E-state index contributed by atoms with van der Waals surface area (Å²) in [6.45, 7) is 6.54. The van der Waals surface area contributed by atoms with Crippen LogP contribution >= 0.6 is 0 Å². The van der Waals surface area contributed by atoms with Crippen molar-refractivity contribution in [2.75, 3.05) is 19.7 Å². The van der Waals surface area contributed by atoms with E-state index >= 15 is 0 Å². The van der Waals surface area contributed by atoms with Crippen LogP contribution in [0.1, 0.15) is 33.1 Å². The van der Waals surface area contributed by atoms with Crippen LogP contribution < -0.4 is 4.74 Å². The quantitative estimate of drug-likeness (QED) is 0.824. The van der Waals surface area contributed by atoms with Gasteiger partial charge in [0.05, 0.1) is 6.61 Å². The molecule has 1 aliphatic rings. The molecule has 1 aromatic carbocycles. The Kier molecular flexibility index (Phi) is 5.45. The number of nitrogens with zero attached hydrogens (tertiary/aromatic N) is 1. The van der Waals surface area contributed by atoms with E-state index in [2.05, 4.69) is 0 Å². The third kappa shape index (κ3) is 4.26. The first-order chi connectivity index (χ1) is 9.66. The number of piperidine rings is 1. The maximum absolute atomic E-state index is 11.9. The van der Waals surface area contributed by atoms with Crippen LogP contribution in [0.4, 0.5) is 0 Å². The summed E-state index contributed by atoms with van der Waals surface area (Å²) in [4.78, 5) is 13.9. The zero-order valence-electron chi connectivity index (χ0n) is 12.5. The minimum atomic E-state index is 0.118. The number of carbonyl (C=O) groups is 1. The highest BCUT2D eigenvalue weighted by Gasteiger charge is 2.23. The molecule has 2 rings (SSSR count). The van der Waals surface area contributed by atoms with E-state index in [0.29, 0.717) is 11.8 Å². The predicted molar refractivity (Wildman–Crippen MR) is 80.7 cm³/mol. The molecule has 0 aliphatic carbocycles. The fourth-order valence-electron chi connectivity index (χ4n) is 2.67. The van der Waals surface area contributed by atoms with Crippen LogP contribution in [0.25, 0.3) is 0 Å². The van der Waals surface area contributed by atoms with Crippen LogP contribution in [-0.2, 0) is 4.79 Å². The molecule has 0 saturated carbocycles. The maximum atomic E-state index is 11.9. The third-order valence-electron chi connectivity index (χ3n) is 3.96. The molecule has 1 aliphatic heterocycles. The normalized spacial score (nSPS) is 16.4. The van der Waals surface area contributed by atoms with E-state index in [-0.39, 0.29) is 5.92 Å². The summed E-state index contributed by atoms with van der Waals surface area (Å²) >= 11 is 0. The molecule has 0 atom stereocenters. The van der Waals surface area contributed by atoms with Crippen molar-refractivity contribution in [2.24, 2.45) is 11.8 Å². The first-order valence-electron chi connectivity index (χ1n) is 7.63. The van der Waals surface area contributed by atoms with E-state index in [1.54, 1.807) is 0 Å². The summed E-state index contributed by atoms with van der Waals surface area (Å²) in [7, 11) is 0. The molecule has 1 aromatic rings. The van der Waals surface area contributed by atoms with Crippen molar-refractivity contribution in [3.8, 4) is 5.75 Å². The molecule has 0 bridgehead atoms. The van der Waals surface area contributed by atoms with Crippen molar-refractivity contribution < 1.29 is 9.53 Å². The third-order valence-corrected chi connectivity index (χ3v) is 3.96. The topological polar surface area (TPSA) is 29.5 Å². The number of benzene rings is 1. The van der Waals surface area contributed by atoms with E-state index in [1.165, 1.54) is 0 Å². The molecule has 0 spiro atoms. The second kappa shape index (κ2) is 7.32. The Morgan fingerprint density at radius 2 is 1.90 bits per heavy atom. The number of likely N-dealkylation sites (tertiary alicyclic amines) is 1. The number of para-hydroxylation sites is 1. The number of amides is 1. The molecule has 20 heavy (non-hydrogen) atoms. The summed E-state index contributed by atoms with van der Waals surface area (Å²) in [6, 6.07) is 9.96. The predicted octanol–water partition coefficient (Wildman–Crippen LogP) is 3.35. The van der Waals surface area contributed by atoms with Gasteiger partial charge in [0.2, 0.25) is 5.91 Å². The Hall–Kier alpha value is -1.51. The highest BCUT2D eigenvalue weighted by Crippen LogP contribution is 2.22. The molecule has 110 valence electrons. The summed E-state index contributed by atoms with van der Waals surface area (Å²) < 4.78 is 5.74. The highest BCUT2D eigenvalue weighted by molar-refractivity contribution is 5.78. The van der Waals surface area contributed by atoms with E-state index in [9.17, 15) is 4.79 Å². The van der Waals surface area contributed by atoms with Gasteiger partial charge in [-0.1, -0.05) is 32.0 Å². The Labute approximate surface area is 121 Å². The summed E-state index contributed by atoms with van der Waals surface area (Å²) in [5, 5.41) is 0. The van der Waals surface area contributed by atoms with Gasteiger partial charge in [-0.3, -0.25) is 4.79 Å². The van der Waals surface area contributed by atoms with Crippen molar-refractivity contribution in [2.45, 2.75) is 33.1 Å². The van der Waals surface area contributed by atoms with Crippen molar-refractivity contribution in [1.82, 2.24) is 4.90 Å². The molecule has 1 saturated heterocycles. The summed E-state index contributed by atoms with van der Waals surface area (Å²) in [6.07, 6.45) is 3.30. The lowest BCUT2D eigenvalue weighted by atomic mass is 9.93. The molecule has 1 heterocycles. The lowest BCUT2D eigenvalue weighted by Gasteiger charge is -2.33. The highest BCUT2D eigenvalue weighted by atomic mass is 16.5. The zero-order chi connectivity index (χ0) is 14.4. The lowest BCUT2D eigenvalue weighted by Crippen LogP contribution is -2.40. The molecule has 0 N–H and O–H groups in total. The van der Waals surface area contributed by atoms with Gasteiger partial charge in [0.25, 0.3) is 0 Å². The van der Waals surface area contributed by atoms with Crippen LogP contribution in [-0.4, -0.2) is 30.5 Å². The number of carbonyl (C=O) groups excluding carboxylic acids is 1. The fourth-order valence-corrected chi connectivity index (χ4v) is 2.67. The van der Waals surface area contributed by atoms with Crippen LogP contribution in [0.15, 0.2) is 30.3 Å². The van der Waals surface area contributed by atoms with Gasteiger partial charge in [0.1, 0.15) is 5.75 Å². The molecule has 3 nitrogen and oxygen atoms in total. The molecular formula is C17H25NO2. The second-order valence-electron chi connectivity index (χ2n) is 5.87. The first kappa shape index (κ1) is 14.9. The Morgan fingerprint density at radius 1 is 1.25 bits per heavy atom. The van der Waals surface area contributed by atoms with Gasteiger partial charge in [-0.25, -0.2) is 0 Å². The van der Waals surface area contributed by atoms with Gasteiger partial charge < -0.3 is 9.64 Å². The largest absolute Gasteiger partial charge is 0.494 e. The molecule has 0 aromatic heterocycles. The fraction of sp³-hybridized carbons (Fsp3) is 0.588. The molecule has 1 fully saturated rings. The van der Waals surface area contributed by atoms with Gasteiger partial charge in [-0.15, -0.1) is 0 Å². The van der Waals surface area contributed by atoms with Gasteiger partial charge in [-0.2, -0.15) is 0 Å². The number of hydrogen-bond acceptors (Lipinski definition) is 2. The number of ether oxygens (including phenoxy) is 1. The van der Waals surface area contributed by atoms with Crippen molar-refractivity contribution >= 4 is 5.91 Å². The number of hydrogen-bond donors (Lipinski definition) is 0.